The van der Waals surface area contributed by atoms with E-state index < -0.39 is 23.8 Å². The Labute approximate surface area is 126 Å². The summed E-state index contributed by atoms with van der Waals surface area (Å²) in [5.74, 6) is -2.59. The van der Waals surface area contributed by atoms with E-state index in [4.69, 9.17) is 4.74 Å². The van der Waals surface area contributed by atoms with Crippen LogP contribution in [0.15, 0.2) is 35.1 Å². The molecule has 0 aromatic heterocycles. The maximum atomic E-state index is 12.0. The van der Waals surface area contributed by atoms with Crippen molar-refractivity contribution >= 4 is 27.9 Å². The number of allylic oxidation sites excluding steroid dienone is 3. The molecule has 0 heterocycles. The third-order valence-electron chi connectivity index (χ3n) is 3.10. The van der Waals surface area contributed by atoms with Gasteiger partial charge in [-0.1, -0.05) is 28.1 Å². The molecular formula is C14H17BrO5. The number of aliphatic hydroxyl groups is 1. The van der Waals surface area contributed by atoms with Crippen molar-refractivity contribution in [2.45, 2.75) is 6.92 Å². The van der Waals surface area contributed by atoms with E-state index in [-0.39, 0.29) is 11.3 Å². The standard InChI is InChI=1S/C14H17BrO5/c1-4-5-9-11(13(17)19-2)8(7-15)6-10(16)12(9)14(18)20-3/h4-6,9,11,16H,7H2,1-3H3/b5-4+/t9-,11+/m1/s1. The maximum absolute atomic E-state index is 12.0. The van der Waals surface area contributed by atoms with Crippen LogP contribution < -0.4 is 0 Å². The molecule has 0 fully saturated rings. The van der Waals surface area contributed by atoms with Crippen molar-refractivity contribution in [3.05, 3.63) is 35.1 Å². The van der Waals surface area contributed by atoms with Gasteiger partial charge in [-0.2, -0.15) is 0 Å². The average molecular weight is 345 g/mol. The summed E-state index contributed by atoms with van der Waals surface area (Å²) in [6, 6.07) is 0. The number of ether oxygens (including phenoxy) is 2. The summed E-state index contributed by atoms with van der Waals surface area (Å²) in [6.07, 6.45) is 4.80. The van der Waals surface area contributed by atoms with Crippen LogP contribution in [0.3, 0.4) is 0 Å². The van der Waals surface area contributed by atoms with Crippen LogP contribution in [0.5, 0.6) is 0 Å². The molecule has 0 radical (unpaired) electrons. The Bertz CT molecular complexity index is 490. The summed E-state index contributed by atoms with van der Waals surface area (Å²) in [5, 5.41) is 10.4. The van der Waals surface area contributed by atoms with Gasteiger partial charge in [0.15, 0.2) is 0 Å². The van der Waals surface area contributed by atoms with Gasteiger partial charge in [0.1, 0.15) is 5.76 Å². The molecular weight excluding hydrogens is 328 g/mol. The minimum atomic E-state index is -0.666. The number of aliphatic hydroxyl groups excluding tert-OH is 1. The molecule has 110 valence electrons. The number of hydrogen-bond acceptors (Lipinski definition) is 5. The molecule has 0 bridgehead atoms. The molecule has 0 unspecified atom stereocenters. The molecule has 0 aromatic carbocycles. The first kappa shape index (κ1) is 16.5. The summed E-state index contributed by atoms with van der Waals surface area (Å²) in [6.45, 7) is 1.77. The first-order valence-corrected chi connectivity index (χ1v) is 7.12. The van der Waals surface area contributed by atoms with Gasteiger partial charge < -0.3 is 14.6 Å². The number of carbonyl (C=O) groups excluding carboxylic acids is 2. The highest BCUT2D eigenvalue weighted by atomic mass is 79.9. The minimum absolute atomic E-state index is 0.0608. The van der Waals surface area contributed by atoms with Crippen molar-refractivity contribution in [2.24, 2.45) is 11.8 Å². The van der Waals surface area contributed by atoms with Crippen LogP contribution in [0.25, 0.3) is 0 Å². The van der Waals surface area contributed by atoms with E-state index in [0.29, 0.717) is 10.9 Å². The number of rotatable bonds is 4. The lowest BCUT2D eigenvalue weighted by molar-refractivity contribution is -0.145. The van der Waals surface area contributed by atoms with Crippen LogP contribution in [0.1, 0.15) is 6.92 Å². The van der Waals surface area contributed by atoms with Gasteiger partial charge in [0.25, 0.3) is 0 Å². The molecule has 0 spiro atoms. The zero-order chi connectivity index (χ0) is 15.3. The van der Waals surface area contributed by atoms with Gasteiger partial charge in [-0.15, -0.1) is 0 Å². The predicted octanol–water partition coefficient (Wildman–Crippen LogP) is 2.29. The van der Waals surface area contributed by atoms with Crippen molar-refractivity contribution in [3.8, 4) is 0 Å². The molecule has 1 rings (SSSR count). The Kier molecular flexibility index (Phi) is 6.01. The van der Waals surface area contributed by atoms with Crippen LogP contribution in [0.4, 0.5) is 0 Å². The van der Waals surface area contributed by atoms with E-state index in [1.807, 2.05) is 0 Å². The van der Waals surface area contributed by atoms with Crippen LogP contribution in [0.2, 0.25) is 0 Å². The molecule has 20 heavy (non-hydrogen) atoms. The third kappa shape index (κ3) is 3.12. The molecule has 0 aromatic rings. The van der Waals surface area contributed by atoms with Crippen LogP contribution in [0, 0.1) is 11.8 Å². The fourth-order valence-corrected chi connectivity index (χ4v) is 2.73. The van der Waals surface area contributed by atoms with E-state index in [1.54, 1.807) is 19.1 Å². The molecule has 0 amide bonds. The second kappa shape index (κ2) is 7.28. The maximum Gasteiger partial charge on any atom is 0.338 e. The SMILES string of the molecule is C/C=C/[C@H]1C(C(=O)OC)=C(O)C=C(CBr)[C@@H]1C(=O)OC. The van der Waals surface area contributed by atoms with E-state index in [1.165, 1.54) is 20.3 Å². The van der Waals surface area contributed by atoms with Crippen molar-refractivity contribution in [2.75, 3.05) is 19.5 Å². The Morgan fingerprint density at radius 1 is 1.40 bits per heavy atom. The van der Waals surface area contributed by atoms with Gasteiger partial charge in [0, 0.05) is 11.2 Å². The Balaban J connectivity index is 3.42. The summed E-state index contributed by atoms with van der Waals surface area (Å²) >= 11 is 3.28. The number of esters is 2. The van der Waals surface area contributed by atoms with E-state index in [9.17, 15) is 14.7 Å². The van der Waals surface area contributed by atoms with Crippen LogP contribution >= 0.6 is 15.9 Å². The number of alkyl halides is 1. The zero-order valence-corrected chi connectivity index (χ0v) is 13.1. The molecule has 6 heteroatoms. The molecule has 1 aliphatic carbocycles. The first-order valence-electron chi connectivity index (χ1n) is 6.00. The number of hydrogen-bond donors (Lipinski definition) is 1. The third-order valence-corrected chi connectivity index (χ3v) is 3.75. The number of halogens is 1. The van der Waals surface area contributed by atoms with Gasteiger partial charge in [0.05, 0.1) is 25.7 Å². The summed E-state index contributed by atoms with van der Waals surface area (Å²) in [7, 11) is 2.52. The monoisotopic (exact) mass is 344 g/mol. The van der Waals surface area contributed by atoms with E-state index in [0.717, 1.165) is 0 Å². The molecule has 1 N–H and O–H groups in total. The van der Waals surface area contributed by atoms with Crippen LogP contribution in [-0.4, -0.2) is 36.6 Å². The van der Waals surface area contributed by atoms with E-state index in [2.05, 4.69) is 20.7 Å². The lowest BCUT2D eigenvalue weighted by Crippen LogP contribution is -2.33. The summed E-state index contributed by atoms with van der Waals surface area (Å²) in [4.78, 5) is 23.9. The van der Waals surface area contributed by atoms with Gasteiger partial charge in [0.2, 0.25) is 0 Å². The normalized spacial score (nSPS) is 22.7. The Hall–Kier alpha value is -1.56. The molecule has 0 saturated heterocycles. The second-order valence-corrected chi connectivity index (χ2v) is 4.76. The minimum Gasteiger partial charge on any atom is -0.507 e. The van der Waals surface area contributed by atoms with Crippen LogP contribution in [-0.2, 0) is 19.1 Å². The highest BCUT2D eigenvalue weighted by Crippen LogP contribution is 2.37. The summed E-state index contributed by atoms with van der Waals surface area (Å²) in [5.41, 5.74) is 0.704. The quantitative estimate of drug-likeness (QED) is 0.481. The average Bonchev–Trinajstić information content (AvgIpc) is 2.45. The molecule has 5 nitrogen and oxygen atoms in total. The van der Waals surface area contributed by atoms with Gasteiger partial charge in [-0.25, -0.2) is 4.79 Å². The molecule has 0 saturated carbocycles. The topological polar surface area (TPSA) is 72.8 Å². The van der Waals surface area contributed by atoms with Crippen molar-refractivity contribution < 1.29 is 24.2 Å². The first-order chi connectivity index (χ1) is 9.51. The van der Waals surface area contributed by atoms with E-state index >= 15 is 0 Å². The highest BCUT2D eigenvalue weighted by molar-refractivity contribution is 9.09. The predicted molar refractivity (Wildman–Crippen MR) is 77.4 cm³/mol. The largest absolute Gasteiger partial charge is 0.507 e. The van der Waals surface area contributed by atoms with Gasteiger partial charge >= 0.3 is 11.9 Å². The van der Waals surface area contributed by atoms with Crippen molar-refractivity contribution in [1.29, 1.82) is 0 Å². The molecule has 2 atom stereocenters. The number of carbonyl (C=O) groups is 2. The van der Waals surface area contributed by atoms with Crippen molar-refractivity contribution in [3.63, 3.8) is 0 Å². The highest BCUT2D eigenvalue weighted by Gasteiger charge is 2.40. The fourth-order valence-electron chi connectivity index (χ4n) is 2.22. The molecule has 1 aliphatic rings. The number of methoxy groups -OCH3 is 2. The summed E-state index contributed by atoms with van der Waals surface area (Å²) < 4.78 is 9.49. The lowest BCUT2D eigenvalue weighted by atomic mass is 9.76. The lowest BCUT2D eigenvalue weighted by Gasteiger charge is -2.29. The second-order valence-electron chi connectivity index (χ2n) is 4.20. The van der Waals surface area contributed by atoms with Crippen molar-refractivity contribution in [1.82, 2.24) is 0 Å². The zero-order valence-electron chi connectivity index (χ0n) is 11.6. The smallest absolute Gasteiger partial charge is 0.338 e. The molecule has 0 aliphatic heterocycles. The Morgan fingerprint density at radius 3 is 2.50 bits per heavy atom. The van der Waals surface area contributed by atoms with Gasteiger partial charge in [-0.05, 0) is 18.6 Å². The Morgan fingerprint density at radius 2 is 2.05 bits per heavy atom. The fraction of sp³-hybridized carbons (Fsp3) is 0.429. The van der Waals surface area contributed by atoms with Gasteiger partial charge in [-0.3, -0.25) is 4.79 Å².